The van der Waals surface area contributed by atoms with Crippen molar-refractivity contribution < 1.29 is 9.59 Å². The molecule has 4 aromatic rings. The highest BCUT2D eigenvalue weighted by atomic mass is 32.1. The van der Waals surface area contributed by atoms with Gasteiger partial charge in [0.1, 0.15) is 5.01 Å². The number of nitrogens with one attached hydrogen (secondary N) is 1. The normalized spacial score (nSPS) is 15.8. The summed E-state index contributed by atoms with van der Waals surface area (Å²) < 4.78 is 0. The van der Waals surface area contributed by atoms with Gasteiger partial charge in [0.2, 0.25) is 11.0 Å². The van der Waals surface area contributed by atoms with E-state index in [1.165, 1.54) is 16.9 Å². The van der Waals surface area contributed by atoms with Crippen LogP contribution in [0.3, 0.4) is 0 Å². The van der Waals surface area contributed by atoms with Gasteiger partial charge >= 0.3 is 0 Å². The maximum atomic E-state index is 13.3. The summed E-state index contributed by atoms with van der Waals surface area (Å²) in [5.74, 6) is -0.246. The molecule has 1 aliphatic heterocycles. The number of amides is 2. The number of carbonyl (C=O) groups is 2. The Morgan fingerprint density at radius 1 is 0.972 bits per heavy atom. The highest BCUT2D eigenvalue weighted by Gasteiger charge is 2.34. The smallest absolute Gasteiger partial charge is 0.258 e. The van der Waals surface area contributed by atoms with Gasteiger partial charge in [0, 0.05) is 30.1 Å². The summed E-state index contributed by atoms with van der Waals surface area (Å²) in [7, 11) is 0. The molecule has 2 amide bonds. The van der Waals surface area contributed by atoms with Crippen LogP contribution < -0.4 is 10.2 Å². The lowest BCUT2D eigenvalue weighted by atomic mass is 10.0. The molecule has 0 aliphatic carbocycles. The molecule has 0 bridgehead atoms. The van der Waals surface area contributed by atoms with E-state index in [2.05, 4.69) is 22.4 Å². The zero-order chi connectivity index (χ0) is 25.1. The standard InChI is InChI=1S/C29H26N4O2S/c1-19-13-14-24(15-20(19)2)33-18-23(17-26(33)34)28-31-32-29(36-28)30-27(35)25(22-11-7-4-8-12-22)16-21-9-5-3-6-10-21/h3-16,23H,17-18H2,1-2H3,(H,30,32,35)/b25-16+. The Balaban J connectivity index is 1.33. The molecule has 3 aromatic carbocycles. The molecule has 0 radical (unpaired) electrons. The maximum absolute atomic E-state index is 13.3. The zero-order valence-corrected chi connectivity index (χ0v) is 21.0. The zero-order valence-electron chi connectivity index (χ0n) is 20.1. The van der Waals surface area contributed by atoms with E-state index in [1.54, 1.807) is 0 Å². The quantitative estimate of drug-likeness (QED) is 0.269. The van der Waals surface area contributed by atoms with Crippen LogP contribution in [0.4, 0.5) is 10.8 Å². The number of aryl methyl sites for hydroxylation is 2. The van der Waals surface area contributed by atoms with E-state index in [1.807, 2.05) is 96.8 Å². The summed E-state index contributed by atoms with van der Waals surface area (Å²) in [4.78, 5) is 27.9. The molecule has 0 saturated carbocycles. The number of benzene rings is 3. The number of rotatable bonds is 6. The van der Waals surface area contributed by atoms with Crippen LogP contribution in [0.1, 0.15) is 39.6 Å². The Labute approximate surface area is 214 Å². The van der Waals surface area contributed by atoms with Crippen LogP contribution in [0.15, 0.2) is 78.9 Å². The molecule has 1 aliphatic rings. The highest BCUT2D eigenvalue weighted by Crippen LogP contribution is 2.35. The van der Waals surface area contributed by atoms with Gasteiger partial charge in [-0.25, -0.2) is 0 Å². The minimum Gasteiger partial charge on any atom is -0.312 e. The first kappa shape index (κ1) is 23.6. The number of carbonyl (C=O) groups excluding carboxylic acids is 2. The molecule has 1 unspecified atom stereocenters. The summed E-state index contributed by atoms with van der Waals surface area (Å²) in [6, 6.07) is 25.3. The molecule has 1 saturated heterocycles. The topological polar surface area (TPSA) is 75.2 Å². The maximum Gasteiger partial charge on any atom is 0.258 e. The van der Waals surface area contributed by atoms with Crippen LogP contribution in [-0.2, 0) is 9.59 Å². The van der Waals surface area contributed by atoms with Crippen molar-refractivity contribution in [2.24, 2.45) is 0 Å². The second-order valence-electron chi connectivity index (χ2n) is 8.91. The van der Waals surface area contributed by atoms with Gasteiger partial charge in [-0.2, -0.15) is 0 Å². The van der Waals surface area contributed by atoms with Gasteiger partial charge < -0.3 is 4.90 Å². The monoisotopic (exact) mass is 494 g/mol. The van der Waals surface area contributed by atoms with Crippen molar-refractivity contribution in [1.29, 1.82) is 0 Å². The Hall–Kier alpha value is -4.10. The molecule has 36 heavy (non-hydrogen) atoms. The Morgan fingerprint density at radius 3 is 2.42 bits per heavy atom. The fourth-order valence-corrected chi connectivity index (χ4v) is 5.07. The third kappa shape index (κ3) is 5.11. The van der Waals surface area contributed by atoms with Crippen molar-refractivity contribution in [2.45, 2.75) is 26.2 Å². The summed E-state index contributed by atoms with van der Waals surface area (Å²) in [5, 5.41) is 12.6. The van der Waals surface area contributed by atoms with Gasteiger partial charge in [-0.1, -0.05) is 78.1 Å². The number of hydrogen-bond acceptors (Lipinski definition) is 5. The lowest BCUT2D eigenvalue weighted by Gasteiger charge is -2.17. The highest BCUT2D eigenvalue weighted by molar-refractivity contribution is 7.15. The summed E-state index contributed by atoms with van der Waals surface area (Å²) in [5.41, 5.74) is 5.54. The molecule has 2 heterocycles. The number of hydrogen-bond donors (Lipinski definition) is 1. The lowest BCUT2D eigenvalue weighted by Crippen LogP contribution is -2.24. The van der Waals surface area contributed by atoms with E-state index in [0.717, 1.165) is 27.4 Å². The second-order valence-corrected chi connectivity index (χ2v) is 9.92. The van der Waals surface area contributed by atoms with Gasteiger partial charge in [0.25, 0.3) is 5.91 Å². The molecule has 5 rings (SSSR count). The first-order valence-electron chi connectivity index (χ1n) is 11.8. The van der Waals surface area contributed by atoms with E-state index in [-0.39, 0.29) is 17.7 Å². The summed E-state index contributed by atoms with van der Waals surface area (Å²) >= 11 is 1.32. The van der Waals surface area contributed by atoms with Crippen LogP contribution in [0.5, 0.6) is 0 Å². The van der Waals surface area contributed by atoms with Crippen molar-refractivity contribution >= 4 is 45.6 Å². The van der Waals surface area contributed by atoms with Gasteiger partial charge in [-0.15, -0.1) is 10.2 Å². The predicted octanol–water partition coefficient (Wildman–Crippen LogP) is 5.85. The van der Waals surface area contributed by atoms with E-state index in [9.17, 15) is 9.59 Å². The van der Waals surface area contributed by atoms with Gasteiger partial charge in [-0.3, -0.25) is 14.9 Å². The van der Waals surface area contributed by atoms with Crippen molar-refractivity contribution in [3.8, 4) is 0 Å². The van der Waals surface area contributed by atoms with Crippen molar-refractivity contribution in [2.75, 3.05) is 16.8 Å². The number of anilines is 2. The molecule has 1 N–H and O–H groups in total. The second kappa shape index (κ2) is 10.3. The third-order valence-electron chi connectivity index (χ3n) is 6.38. The van der Waals surface area contributed by atoms with E-state index < -0.39 is 0 Å². The molecule has 0 spiro atoms. The van der Waals surface area contributed by atoms with Crippen molar-refractivity contribution in [1.82, 2.24) is 10.2 Å². The predicted molar refractivity (Wildman–Crippen MR) is 145 cm³/mol. The molecular formula is C29H26N4O2S. The van der Waals surface area contributed by atoms with Crippen molar-refractivity contribution in [3.63, 3.8) is 0 Å². The van der Waals surface area contributed by atoms with Crippen LogP contribution in [0.25, 0.3) is 11.6 Å². The van der Waals surface area contributed by atoms with E-state index >= 15 is 0 Å². The lowest BCUT2D eigenvalue weighted by molar-refractivity contribution is -0.117. The third-order valence-corrected chi connectivity index (χ3v) is 7.38. The number of nitrogens with zero attached hydrogens (tertiary/aromatic N) is 3. The SMILES string of the molecule is Cc1ccc(N2CC(c3nnc(NC(=O)/C(=C/c4ccccc4)c4ccccc4)s3)CC2=O)cc1C. The Kier molecular flexibility index (Phi) is 6.73. The summed E-state index contributed by atoms with van der Waals surface area (Å²) in [6.07, 6.45) is 2.24. The summed E-state index contributed by atoms with van der Waals surface area (Å²) in [6.45, 7) is 4.66. The molecule has 180 valence electrons. The molecule has 1 atom stereocenters. The molecule has 7 heteroatoms. The minimum atomic E-state index is -0.257. The van der Waals surface area contributed by atoms with Crippen LogP contribution in [0, 0.1) is 13.8 Å². The Morgan fingerprint density at radius 2 is 1.69 bits per heavy atom. The van der Waals surface area contributed by atoms with Crippen LogP contribution in [0.2, 0.25) is 0 Å². The van der Waals surface area contributed by atoms with E-state index in [4.69, 9.17) is 0 Å². The number of aromatic nitrogens is 2. The molecule has 6 nitrogen and oxygen atoms in total. The Bertz CT molecular complexity index is 1430. The molecule has 1 aromatic heterocycles. The fourth-order valence-electron chi connectivity index (χ4n) is 4.24. The van der Waals surface area contributed by atoms with Gasteiger partial charge in [0.15, 0.2) is 0 Å². The largest absolute Gasteiger partial charge is 0.312 e. The van der Waals surface area contributed by atoms with Crippen molar-refractivity contribution in [3.05, 3.63) is 106 Å². The van der Waals surface area contributed by atoms with E-state index in [0.29, 0.717) is 23.7 Å². The minimum absolute atomic E-state index is 0.0595. The fraction of sp³-hybridized carbons (Fsp3) is 0.172. The molecule has 1 fully saturated rings. The first-order valence-corrected chi connectivity index (χ1v) is 12.6. The van der Waals surface area contributed by atoms with Crippen LogP contribution >= 0.6 is 11.3 Å². The average molecular weight is 495 g/mol. The first-order chi connectivity index (χ1) is 17.5. The molecular weight excluding hydrogens is 468 g/mol. The van der Waals surface area contributed by atoms with Gasteiger partial charge in [-0.05, 0) is 54.3 Å². The average Bonchev–Trinajstić information content (AvgIpc) is 3.52. The van der Waals surface area contributed by atoms with Gasteiger partial charge in [0.05, 0.1) is 0 Å². The van der Waals surface area contributed by atoms with Crippen LogP contribution in [-0.4, -0.2) is 28.6 Å².